The molecule has 1 aliphatic rings. The molecule has 1 unspecified atom stereocenters. The first-order valence-electron chi connectivity index (χ1n) is 6.98. The van der Waals surface area contributed by atoms with Crippen molar-refractivity contribution in [3.8, 4) is 0 Å². The summed E-state index contributed by atoms with van der Waals surface area (Å²) in [6.45, 7) is 4.78. The number of anilines is 1. The number of carbonyl (C=O) groups is 1. The number of benzene rings is 1. The Hall–Kier alpha value is -1.55. The number of carboxylic acid groups (broad SMARTS) is 1. The summed E-state index contributed by atoms with van der Waals surface area (Å²) in [6, 6.07) is 8.62. The Morgan fingerprint density at radius 2 is 2.16 bits per heavy atom. The molecule has 0 bridgehead atoms. The minimum atomic E-state index is -0.735. The Labute approximate surface area is 114 Å². The van der Waals surface area contributed by atoms with Crippen molar-refractivity contribution in [3.05, 3.63) is 29.8 Å². The molecule has 1 fully saturated rings. The Morgan fingerprint density at radius 1 is 1.42 bits per heavy atom. The number of aryl methyl sites for hydroxylation is 1. The number of nitrogens with zero attached hydrogens (tertiary/aromatic N) is 1. The van der Waals surface area contributed by atoms with Crippen molar-refractivity contribution in [2.75, 3.05) is 24.5 Å². The maximum atomic E-state index is 10.8. The highest BCUT2D eigenvalue weighted by molar-refractivity contribution is 5.67. The third kappa shape index (κ3) is 3.96. The average Bonchev–Trinajstić information content (AvgIpc) is 2.64. The van der Waals surface area contributed by atoms with E-state index in [0.717, 1.165) is 32.5 Å². The highest BCUT2D eigenvalue weighted by atomic mass is 16.4. The van der Waals surface area contributed by atoms with Gasteiger partial charge in [-0.2, -0.15) is 0 Å². The Morgan fingerprint density at radius 3 is 2.79 bits per heavy atom. The van der Waals surface area contributed by atoms with E-state index in [1.165, 1.54) is 11.3 Å². The van der Waals surface area contributed by atoms with Gasteiger partial charge in [0.05, 0.1) is 6.42 Å². The summed E-state index contributed by atoms with van der Waals surface area (Å²) in [5, 5.41) is 12.2. The number of hydrogen-bond donors (Lipinski definition) is 2. The van der Waals surface area contributed by atoms with E-state index in [9.17, 15) is 4.79 Å². The first-order chi connectivity index (χ1) is 9.19. The number of carboxylic acids is 1. The van der Waals surface area contributed by atoms with Crippen LogP contribution in [0.3, 0.4) is 0 Å². The van der Waals surface area contributed by atoms with Gasteiger partial charge in [-0.05, 0) is 37.1 Å². The van der Waals surface area contributed by atoms with Gasteiger partial charge in [-0.25, -0.2) is 0 Å². The van der Waals surface area contributed by atoms with Crippen molar-refractivity contribution in [1.82, 2.24) is 5.32 Å². The van der Waals surface area contributed by atoms with E-state index in [2.05, 4.69) is 41.4 Å². The molecule has 1 heterocycles. The molecule has 2 N–H and O–H groups in total. The molecule has 0 radical (unpaired) electrons. The van der Waals surface area contributed by atoms with Crippen LogP contribution in [0, 0.1) is 0 Å². The summed E-state index contributed by atoms with van der Waals surface area (Å²) < 4.78 is 0. The van der Waals surface area contributed by atoms with E-state index in [4.69, 9.17) is 5.11 Å². The van der Waals surface area contributed by atoms with Gasteiger partial charge >= 0.3 is 5.97 Å². The fraction of sp³-hybridized carbons (Fsp3) is 0.533. The minimum Gasteiger partial charge on any atom is -0.481 e. The van der Waals surface area contributed by atoms with E-state index >= 15 is 0 Å². The lowest BCUT2D eigenvalue weighted by Gasteiger charge is -2.26. The second-order valence-electron chi connectivity index (χ2n) is 5.07. The zero-order chi connectivity index (χ0) is 13.7. The summed E-state index contributed by atoms with van der Waals surface area (Å²) in [7, 11) is 0. The molecule has 0 aromatic heterocycles. The van der Waals surface area contributed by atoms with Crippen molar-refractivity contribution in [2.45, 2.75) is 32.2 Å². The van der Waals surface area contributed by atoms with Crippen molar-refractivity contribution in [2.24, 2.45) is 0 Å². The molecule has 4 heteroatoms. The lowest BCUT2D eigenvalue weighted by molar-refractivity contribution is -0.137. The molecule has 19 heavy (non-hydrogen) atoms. The van der Waals surface area contributed by atoms with Crippen molar-refractivity contribution in [1.29, 1.82) is 0 Å². The van der Waals surface area contributed by atoms with Crippen LogP contribution in [0.2, 0.25) is 0 Å². The molecular weight excluding hydrogens is 240 g/mol. The predicted molar refractivity (Wildman–Crippen MR) is 76.7 cm³/mol. The molecular formula is C15H22N2O2. The van der Waals surface area contributed by atoms with E-state index in [-0.39, 0.29) is 12.5 Å². The Kier molecular flexibility index (Phi) is 4.80. The molecule has 0 saturated carbocycles. The predicted octanol–water partition coefficient (Wildman–Crippen LogP) is 1.89. The van der Waals surface area contributed by atoms with Gasteiger partial charge in [-0.15, -0.1) is 0 Å². The van der Waals surface area contributed by atoms with Crippen LogP contribution in [0.5, 0.6) is 0 Å². The second kappa shape index (κ2) is 6.57. The first kappa shape index (κ1) is 13.9. The summed E-state index contributed by atoms with van der Waals surface area (Å²) in [5.74, 6) is -0.735. The molecule has 104 valence electrons. The van der Waals surface area contributed by atoms with Crippen molar-refractivity contribution in [3.63, 3.8) is 0 Å². The average molecular weight is 262 g/mol. The molecule has 2 rings (SSSR count). The molecule has 1 atom stereocenters. The number of hydrogen-bond acceptors (Lipinski definition) is 3. The van der Waals surface area contributed by atoms with Crippen LogP contribution in [-0.2, 0) is 11.2 Å². The van der Waals surface area contributed by atoms with Gasteiger partial charge in [0, 0.05) is 24.8 Å². The van der Waals surface area contributed by atoms with Crippen molar-refractivity contribution < 1.29 is 9.90 Å². The third-order valence-corrected chi connectivity index (χ3v) is 3.61. The molecule has 0 aliphatic carbocycles. The van der Waals surface area contributed by atoms with Crippen LogP contribution in [0.1, 0.15) is 25.3 Å². The van der Waals surface area contributed by atoms with Crippen LogP contribution in [0.4, 0.5) is 5.69 Å². The van der Waals surface area contributed by atoms with Crippen molar-refractivity contribution >= 4 is 11.7 Å². The molecule has 0 spiro atoms. The Balaban J connectivity index is 2.06. The zero-order valence-corrected chi connectivity index (χ0v) is 11.4. The Bertz CT molecular complexity index is 417. The minimum absolute atomic E-state index is 0.0332. The summed E-state index contributed by atoms with van der Waals surface area (Å²) in [5.41, 5.74) is 2.52. The van der Waals surface area contributed by atoms with Gasteiger partial charge in [0.1, 0.15) is 0 Å². The number of rotatable bonds is 4. The summed E-state index contributed by atoms with van der Waals surface area (Å²) in [4.78, 5) is 13.1. The van der Waals surface area contributed by atoms with Crippen LogP contribution in [0.15, 0.2) is 24.3 Å². The molecule has 0 amide bonds. The topological polar surface area (TPSA) is 52.6 Å². The van der Waals surface area contributed by atoms with Crippen LogP contribution >= 0.6 is 0 Å². The molecule has 1 aromatic rings. The van der Waals surface area contributed by atoms with E-state index in [1.807, 2.05) is 0 Å². The molecule has 1 aliphatic heterocycles. The zero-order valence-electron chi connectivity index (χ0n) is 11.4. The van der Waals surface area contributed by atoms with Gasteiger partial charge in [-0.1, -0.05) is 19.1 Å². The SMILES string of the molecule is CCc1ccc(N2CCCNC(CC(=O)O)C2)cc1. The standard InChI is InChI=1S/C15H22N2O2/c1-2-12-4-6-14(7-5-12)17-9-3-8-16-13(11-17)10-15(18)19/h4-7,13,16H,2-3,8-11H2,1H3,(H,18,19). The smallest absolute Gasteiger partial charge is 0.304 e. The lowest BCUT2D eigenvalue weighted by Crippen LogP contribution is -2.39. The molecule has 4 nitrogen and oxygen atoms in total. The number of aliphatic carboxylic acids is 1. The maximum Gasteiger partial charge on any atom is 0.304 e. The monoisotopic (exact) mass is 262 g/mol. The van der Waals surface area contributed by atoms with Gasteiger partial charge < -0.3 is 15.3 Å². The third-order valence-electron chi connectivity index (χ3n) is 3.61. The highest BCUT2D eigenvalue weighted by Gasteiger charge is 2.20. The fourth-order valence-corrected chi connectivity index (χ4v) is 2.52. The first-order valence-corrected chi connectivity index (χ1v) is 6.98. The molecule has 1 saturated heterocycles. The van der Waals surface area contributed by atoms with Crippen LogP contribution in [0.25, 0.3) is 0 Å². The quantitative estimate of drug-likeness (QED) is 0.870. The lowest BCUT2D eigenvalue weighted by atomic mass is 10.1. The summed E-state index contributed by atoms with van der Waals surface area (Å²) >= 11 is 0. The van der Waals surface area contributed by atoms with E-state index in [1.54, 1.807) is 0 Å². The van der Waals surface area contributed by atoms with E-state index in [0.29, 0.717) is 0 Å². The summed E-state index contributed by atoms with van der Waals surface area (Å²) in [6.07, 6.45) is 2.28. The molecule has 1 aromatic carbocycles. The van der Waals surface area contributed by atoms with Gasteiger partial charge in [-0.3, -0.25) is 4.79 Å². The van der Waals surface area contributed by atoms with Crippen LogP contribution < -0.4 is 10.2 Å². The fourth-order valence-electron chi connectivity index (χ4n) is 2.52. The largest absolute Gasteiger partial charge is 0.481 e. The van der Waals surface area contributed by atoms with Crippen LogP contribution in [-0.4, -0.2) is 36.8 Å². The normalized spacial score (nSPS) is 20.1. The second-order valence-corrected chi connectivity index (χ2v) is 5.07. The maximum absolute atomic E-state index is 10.8. The number of nitrogens with one attached hydrogen (secondary N) is 1. The van der Waals surface area contributed by atoms with Gasteiger partial charge in [0.2, 0.25) is 0 Å². The van der Waals surface area contributed by atoms with Gasteiger partial charge in [0.15, 0.2) is 0 Å². The highest BCUT2D eigenvalue weighted by Crippen LogP contribution is 2.18. The van der Waals surface area contributed by atoms with Gasteiger partial charge in [0.25, 0.3) is 0 Å². The van der Waals surface area contributed by atoms with E-state index < -0.39 is 5.97 Å².